The number of halogens is 1. The fourth-order valence-corrected chi connectivity index (χ4v) is 2.46. The predicted molar refractivity (Wildman–Crippen MR) is 84.9 cm³/mol. The summed E-state index contributed by atoms with van der Waals surface area (Å²) in [5, 5.41) is 9.08. The summed E-state index contributed by atoms with van der Waals surface area (Å²) in [6.45, 7) is 0.520. The predicted octanol–water partition coefficient (Wildman–Crippen LogP) is 3.22. The summed E-state index contributed by atoms with van der Waals surface area (Å²) in [5.41, 5.74) is 0.799. The largest absolute Gasteiger partial charge is 0.326 e. The molecule has 0 aliphatic rings. The molecule has 1 N–H and O–H groups in total. The van der Waals surface area contributed by atoms with Gasteiger partial charge in [-0.15, -0.1) is 0 Å². The molecular formula is C15H13BrN4O. The molecule has 0 atom stereocenters. The molecule has 0 bridgehead atoms. The van der Waals surface area contributed by atoms with Crippen molar-refractivity contribution in [2.24, 2.45) is 0 Å². The molecule has 0 aliphatic heterocycles. The third kappa shape index (κ3) is 3.46. The number of carbonyl (C=O) groups is 1. The van der Waals surface area contributed by atoms with Crippen LogP contribution in [-0.4, -0.2) is 20.7 Å². The van der Waals surface area contributed by atoms with Crippen LogP contribution in [0, 0.1) is 0 Å². The number of aromatic nitrogens is 3. The molecule has 0 fully saturated rings. The van der Waals surface area contributed by atoms with E-state index in [-0.39, 0.29) is 5.91 Å². The highest BCUT2D eigenvalue weighted by molar-refractivity contribution is 9.10. The van der Waals surface area contributed by atoms with Crippen LogP contribution in [0.1, 0.15) is 6.42 Å². The lowest BCUT2D eigenvalue weighted by Crippen LogP contribution is -2.14. The number of nitrogens with zero attached hydrogens (tertiary/aromatic N) is 3. The minimum atomic E-state index is -0.0399. The Morgan fingerprint density at radius 1 is 1.19 bits per heavy atom. The van der Waals surface area contributed by atoms with Gasteiger partial charge in [0.1, 0.15) is 12.7 Å². The fraction of sp³-hybridized carbons (Fsp3) is 0.133. The van der Waals surface area contributed by atoms with Gasteiger partial charge in [0.05, 0.1) is 6.54 Å². The minimum absolute atomic E-state index is 0.0399. The van der Waals surface area contributed by atoms with Crippen LogP contribution in [0.3, 0.4) is 0 Å². The second-order valence-electron chi connectivity index (χ2n) is 4.66. The standard InChI is InChI=1S/C15H13BrN4O/c16-13-3-1-12-8-14(4-2-11(12)7-13)19-15(21)5-6-20-10-17-9-18-20/h1-4,7-10H,5-6H2,(H,19,21). The van der Waals surface area contributed by atoms with E-state index in [0.717, 1.165) is 20.9 Å². The molecule has 1 aromatic heterocycles. The van der Waals surface area contributed by atoms with Crippen LogP contribution in [0.25, 0.3) is 10.8 Å². The van der Waals surface area contributed by atoms with E-state index in [2.05, 4.69) is 31.3 Å². The lowest BCUT2D eigenvalue weighted by molar-refractivity contribution is -0.116. The summed E-state index contributed by atoms with van der Waals surface area (Å²) in [6, 6.07) is 11.9. The van der Waals surface area contributed by atoms with Crippen molar-refractivity contribution in [3.63, 3.8) is 0 Å². The van der Waals surface area contributed by atoms with Crippen LogP contribution < -0.4 is 5.32 Å². The molecule has 0 radical (unpaired) electrons. The Hall–Kier alpha value is -2.21. The third-order valence-corrected chi connectivity index (χ3v) is 3.61. The maximum Gasteiger partial charge on any atom is 0.226 e. The maximum atomic E-state index is 11.9. The number of benzene rings is 2. The number of nitrogens with one attached hydrogen (secondary N) is 1. The molecule has 0 unspecified atom stereocenters. The van der Waals surface area contributed by atoms with E-state index in [0.29, 0.717) is 13.0 Å². The molecule has 0 saturated carbocycles. The van der Waals surface area contributed by atoms with Gasteiger partial charge in [0.2, 0.25) is 5.91 Å². The first-order valence-corrected chi connectivity index (χ1v) is 7.31. The summed E-state index contributed by atoms with van der Waals surface area (Å²) < 4.78 is 2.68. The van der Waals surface area contributed by atoms with E-state index in [1.54, 1.807) is 11.0 Å². The molecule has 1 heterocycles. The Labute approximate surface area is 130 Å². The zero-order valence-electron chi connectivity index (χ0n) is 11.2. The van der Waals surface area contributed by atoms with Crippen LogP contribution in [0.15, 0.2) is 53.5 Å². The van der Waals surface area contributed by atoms with Crippen molar-refractivity contribution < 1.29 is 4.79 Å². The number of rotatable bonds is 4. The van der Waals surface area contributed by atoms with E-state index in [1.165, 1.54) is 6.33 Å². The SMILES string of the molecule is O=C(CCn1cncn1)Nc1ccc2cc(Br)ccc2c1. The molecule has 0 spiro atoms. The molecule has 106 valence electrons. The second-order valence-corrected chi connectivity index (χ2v) is 5.58. The van der Waals surface area contributed by atoms with Gasteiger partial charge in [-0.25, -0.2) is 4.98 Å². The normalized spacial score (nSPS) is 10.7. The molecule has 6 heteroatoms. The highest BCUT2D eigenvalue weighted by Crippen LogP contribution is 2.23. The smallest absolute Gasteiger partial charge is 0.226 e. The Kier molecular flexibility index (Phi) is 3.96. The quantitative estimate of drug-likeness (QED) is 0.790. The first-order chi connectivity index (χ1) is 10.2. The van der Waals surface area contributed by atoms with E-state index >= 15 is 0 Å². The van der Waals surface area contributed by atoms with Crippen molar-refractivity contribution in [2.45, 2.75) is 13.0 Å². The van der Waals surface area contributed by atoms with E-state index in [4.69, 9.17) is 0 Å². The molecule has 0 aliphatic carbocycles. The number of hydrogen-bond donors (Lipinski definition) is 1. The Balaban J connectivity index is 1.66. The van der Waals surface area contributed by atoms with Crippen molar-refractivity contribution in [3.05, 3.63) is 53.5 Å². The summed E-state index contributed by atoms with van der Waals surface area (Å²) in [7, 11) is 0. The van der Waals surface area contributed by atoms with Gasteiger partial charge < -0.3 is 5.32 Å². The van der Waals surface area contributed by atoms with Crippen LogP contribution >= 0.6 is 15.9 Å². The molecule has 21 heavy (non-hydrogen) atoms. The van der Waals surface area contributed by atoms with Crippen LogP contribution in [-0.2, 0) is 11.3 Å². The Morgan fingerprint density at radius 2 is 2.00 bits per heavy atom. The summed E-state index contributed by atoms with van der Waals surface area (Å²) >= 11 is 3.45. The maximum absolute atomic E-state index is 11.9. The lowest BCUT2D eigenvalue weighted by Gasteiger charge is -2.07. The van der Waals surface area contributed by atoms with Gasteiger partial charge >= 0.3 is 0 Å². The van der Waals surface area contributed by atoms with E-state index in [9.17, 15) is 4.79 Å². The molecule has 2 aromatic carbocycles. The number of amides is 1. The van der Waals surface area contributed by atoms with Gasteiger partial charge in [-0.2, -0.15) is 5.10 Å². The third-order valence-electron chi connectivity index (χ3n) is 3.12. The monoisotopic (exact) mass is 344 g/mol. The molecule has 3 aromatic rings. The van der Waals surface area contributed by atoms with Gasteiger partial charge in [0.25, 0.3) is 0 Å². The van der Waals surface area contributed by atoms with Crippen LogP contribution in [0.5, 0.6) is 0 Å². The molecule has 3 rings (SSSR count). The highest BCUT2D eigenvalue weighted by atomic mass is 79.9. The van der Waals surface area contributed by atoms with Crippen LogP contribution in [0.4, 0.5) is 5.69 Å². The summed E-state index contributed by atoms with van der Waals surface area (Å²) in [5.74, 6) is -0.0399. The van der Waals surface area contributed by atoms with Crippen molar-refractivity contribution in [1.29, 1.82) is 0 Å². The van der Waals surface area contributed by atoms with Gasteiger partial charge in [-0.05, 0) is 35.0 Å². The average molecular weight is 345 g/mol. The van der Waals surface area contributed by atoms with Crippen molar-refractivity contribution >= 4 is 38.3 Å². The van der Waals surface area contributed by atoms with E-state index < -0.39 is 0 Å². The first kappa shape index (κ1) is 13.8. The first-order valence-electron chi connectivity index (χ1n) is 6.52. The zero-order chi connectivity index (χ0) is 14.7. The average Bonchev–Trinajstić information content (AvgIpc) is 2.99. The van der Waals surface area contributed by atoms with Crippen molar-refractivity contribution in [1.82, 2.24) is 14.8 Å². The number of anilines is 1. The van der Waals surface area contributed by atoms with Crippen LogP contribution in [0.2, 0.25) is 0 Å². The number of hydrogen-bond acceptors (Lipinski definition) is 3. The zero-order valence-corrected chi connectivity index (χ0v) is 12.7. The van der Waals surface area contributed by atoms with Gasteiger partial charge in [0.15, 0.2) is 0 Å². The Morgan fingerprint density at radius 3 is 2.81 bits per heavy atom. The number of carbonyl (C=O) groups excluding carboxylic acids is 1. The van der Waals surface area contributed by atoms with E-state index in [1.807, 2.05) is 36.4 Å². The topological polar surface area (TPSA) is 59.8 Å². The molecule has 5 nitrogen and oxygen atoms in total. The van der Waals surface area contributed by atoms with Crippen molar-refractivity contribution in [3.8, 4) is 0 Å². The minimum Gasteiger partial charge on any atom is -0.326 e. The van der Waals surface area contributed by atoms with Gasteiger partial charge in [-0.3, -0.25) is 9.48 Å². The van der Waals surface area contributed by atoms with Gasteiger partial charge in [0, 0.05) is 16.6 Å². The molecular weight excluding hydrogens is 332 g/mol. The Bertz CT molecular complexity index is 770. The number of aryl methyl sites for hydroxylation is 1. The second kappa shape index (κ2) is 6.05. The molecule has 0 saturated heterocycles. The van der Waals surface area contributed by atoms with Gasteiger partial charge in [-0.1, -0.05) is 28.1 Å². The van der Waals surface area contributed by atoms with Crippen molar-refractivity contribution in [2.75, 3.05) is 5.32 Å². The lowest BCUT2D eigenvalue weighted by atomic mass is 10.1. The summed E-state index contributed by atoms with van der Waals surface area (Å²) in [6.07, 6.45) is 3.42. The fourth-order valence-electron chi connectivity index (χ4n) is 2.08. The molecule has 1 amide bonds. The highest BCUT2D eigenvalue weighted by Gasteiger charge is 2.04. The number of fused-ring (bicyclic) bond motifs is 1. The summed E-state index contributed by atoms with van der Waals surface area (Å²) in [4.78, 5) is 15.8.